The highest BCUT2D eigenvalue weighted by molar-refractivity contribution is 6.99. The highest BCUT2D eigenvalue weighted by Crippen LogP contribution is 2.56. The highest BCUT2D eigenvalue weighted by Gasteiger charge is 2.71. The van der Waals surface area contributed by atoms with Crippen LogP contribution in [0.15, 0.2) is 72.8 Å². The molecular formula is C43H66N5Si2. The summed E-state index contributed by atoms with van der Waals surface area (Å²) in [6.07, 6.45) is 0. The second-order valence-corrected chi connectivity index (χ2v) is 26.8. The zero-order valence-corrected chi connectivity index (χ0v) is 36.1. The van der Waals surface area contributed by atoms with Crippen molar-refractivity contribution in [3.05, 3.63) is 78.4 Å². The molecule has 3 heterocycles. The van der Waals surface area contributed by atoms with E-state index in [0.29, 0.717) is 0 Å². The minimum absolute atomic E-state index is 0.107. The molecule has 3 aromatic rings. The van der Waals surface area contributed by atoms with Gasteiger partial charge >= 0.3 is 17.7 Å². The second-order valence-electron chi connectivity index (χ2n) is 21.1. The van der Waals surface area contributed by atoms with Crippen LogP contribution >= 0.6 is 0 Å². The lowest BCUT2D eigenvalue weighted by molar-refractivity contribution is 0.220. The van der Waals surface area contributed by atoms with Crippen molar-refractivity contribution in [1.29, 1.82) is 0 Å². The monoisotopic (exact) mass is 708 g/mol. The standard InChI is InChI=1S/C43H66N5Si2/c1-39(2,3)28-44-33-23-17-18-24-34(33)45(29-40(4,5)6)49(44)38-32-22-16-21-27-37(32)50(48(38)43(13,14)15)46(30-41(7,8)9)35-25-19-20-26-36(35)47(50)31-42(10,11)12/h16-27,38H,28-31H2,1-15H3. The largest absolute Gasteiger partial charge is 0.385 e. The Morgan fingerprint density at radius 1 is 0.480 bits per heavy atom. The molecule has 1 spiro atoms. The molecular weight excluding hydrogens is 643 g/mol. The smallest absolute Gasteiger partial charge is 0.377 e. The third kappa shape index (κ3) is 6.56. The molecule has 50 heavy (non-hydrogen) atoms. The maximum absolute atomic E-state index is 3.15. The van der Waals surface area contributed by atoms with Crippen molar-refractivity contribution in [2.24, 2.45) is 21.7 Å². The molecule has 1 atom stereocenters. The second kappa shape index (κ2) is 12.2. The quantitative estimate of drug-likeness (QED) is 0.245. The van der Waals surface area contributed by atoms with Gasteiger partial charge in [0.15, 0.2) is 0 Å². The van der Waals surface area contributed by atoms with Crippen LogP contribution in [-0.4, -0.2) is 54.0 Å². The Morgan fingerprint density at radius 2 is 0.840 bits per heavy atom. The maximum atomic E-state index is 3.15. The van der Waals surface area contributed by atoms with Crippen LogP contribution < -0.4 is 23.4 Å². The van der Waals surface area contributed by atoms with Crippen LogP contribution in [0.1, 0.15) is 115 Å². The van der Waals surface area contributed by atoms with Crippen molar-refractivity contribution < 1.29 is 0 Å². The Labute approximate surface area is 308 Å². The predicted octanol–water partition coefficient (Wildman–Crippen LogP) is 9.85. The Kier molecular flexibility index (Phi) is 9.01. The van der Waals surface area contributed by atoms with E-state index >= 15 is 0 Å². The van der Waals surface area contributed by atoms with Crippen molar-refractivity contribution in [1.82, 2.24) is 4.57 Å². The van der Waals surface area contributed by atoms with Gasteiger partial charge in [0.25, 0.3) is 0 Å². The summed E-state index contributed by atoms with van der Waals surface area (Å²) in [7, 11) is -4.32. The topological polar surface area (TPSA) is 16.2 Å². The summed E-state index contributed by atoms with van der Waals surface area (Å²) in [4.78, 5) is 0. The number of nitrogens with zero attached hydrogens (tertiary/aromatic N) is 5. The minimum Gasteiger partial charge on any atom is -0.377 e. The van der Waals surface area contributed by atoms with E-state index in [0.717, 1.165) is 26.2 Å². The van der Waals surface area contributed by atoms with Gasteiger partial charge in [0.1, 0.15) is 0 Å². The van der Waals surface area contributed by atoms with Gasteiger partial charge in [0.05, 0.1) is 28.4 Å². The molecule has 5 nitrogen and oxygen atoms in total. The van der Waals surface area contributed by atoms with E-state index in [2.05, 4.69) is 199 Å². The van der Waals surface area contributed by atoms with E-state index in [9.17, 15) is 0 Å². The first kappa shape index (κ1) is 37.0. The number of fused-ring (bicyclic) bond motifs is 4. The molecule has 0 saturated carbocycles. The SMILES string of the molecule is CC(C)(C)CN1c2ccccc2N(CC(C)(C)C)[Si]1C1c2ccccc2[Si]2(N(CC(C)(C)C)c3ccccc3N2CC(C)(C)C)N1C(C)(C)C. The number of hydrogen-bond donors (Lipinski definition) is 0. The number of anilines is 4. The van der Waals surface area contributed by atoms with Gasteiger partial charge in [-0.05, 0) is 72.3 Å². The molecule has 0 fully saturated rings. The predicted molar refractivity (Wildman–Crippen MR) is 222 cm³/mol. The van der Waals surface area contributed by atoms with Crippen molar-refractivity contribution in [3.8, 4) is 0 Å². The molecule has 3 aliphatic heterocycles. The first-order valence-corrected chi connectivity index (χ1v) is 22.3. The van der Waals surface area contributed by atoms with Crippen LogP contribution in [0.5, 0.6) is 0 Å². The third-order valence-electron chi connectivity index (χ3n) is 9.94. The van der Waals surface area contributed by atoms with E-state index in [1.807, 2.05) is 0 Å². The Hall–Kier alpha value is -2.75. The van der Waals surface area contributed by atoms with Gasteiger partial charge in [0.2, 0.25) is 0 Å². The van der Waals surface area contributed by atoms with Crippen LogP contribution in [0.4, 0.5) is 22.7 Å². The molecule has 1 radical (unpaired) electrons. The molecule has 1 unspecified atom stereocenters. The number of para-hydroxylation sites is 4. The Balaban J connectivity index is 1.71. The van der Waals surface area contributed by atoms with Gasteiger partial charge in [0, 0.05) is 36.9 Å². The van der Waals surface area contributed by atoms with Crippen LogP contribution in [0.3, 0.4) is 0 Å². The normalized spacial score (nSPS) is 19.9. The number of benzene rings is 3. The zero-order chi connectivity index (χ0) is 36.8. The van der Waals surface area contributed by atoms with Crippen molar-refractivity contribution in [3.63, 3.8) is 0 Å². The molecule has 3 aromatic carbocycles. The van der Waals surface area contributed by atoms with Crippen LogP contribution in [0, 0.1) is 21.7 Å². The average molecular weight is 709 g/mol. The maximum Gasteiger partial charge on any atom is 0.385 e. The van der Waals surface area contributed by atoms with Gasteiger partial charge in [-0.15, -0.1) is 0 Å². The van der Waals surface area contributed by atoms with Crippen molar-refractivity contribution in [2.45, 2.75) is 115 Å². The molecule has 6 rings (SSSR count). The van der Waals surface area contributed by atoms with Crippen molar-refractivity contribution >= 4 is 45.6 Å². The fourth-order valence-corrected chi connectivity index (χ4v) is 20.4. The summed E-state index contributed by atoms with van der Waals surface area (Å²) < 4.78 is 14.9. The minimum atomic E-state index is -2.88. The molecule has 0 bridgehead atoms. The van der Waals surface area contributed by atoms with E-state index in [4.69, 9.17) is 0 Å². The summed E-state index contributed by atoms with van der Waals surface area (Å²) in [6.45, 7) is 40.7. The molecule has 3 aliphatic rings. The first-order chi connectivity index (χ1) is 22.9. The van der Waals surface area contributed by atoms with E-state index < -0.39 is 17.7 Å². The van der Waals surface area contributed by atoms with E-state index in [1.54, 1.807) is 10.8 Å². The average Bonchev–Trinajstić information content (AvgIpc) is 3.51. The zero-order valence-electron chi connectivity index (χ0n) is 34.1. The third-order valence-corrected chi connectivity index (χ3v) is 18.2. The number of rotatable bonds is 5. The van der Waals surface area contributed by atoms with Crippen molar-refractivity contribution in [2.75, 3.05) is 44.4 Å². The first-order valence-electron chi connectivity index (χ1n) is 19.0. The molecule has 7 heteroatoms. The van der Waals surface area contributed by atoms with Gasteiger partial charge in [-0.25, -0.2) is 0 Å². The molecule has 0 N–H and O–H groups in total. The van der Waals surface area contributed by atoms with Gasteiger partial charge in [-0.2, -0.15) is 0 Å². The summed E-state index contributed by atoms with van der Waals surface area (Å²) in [5, 5.41) is 1.59. The summed E-state index contributed by atoms with van der Waals surface area (Å²) in [5.74, 6) is 0. The molecule has 0 saturated heterocycles. The lowest BCUT2D eigenvalue weighted by Crippen LogP contribution is -2.82. The Morgan fingerprint density at radius 3 is 1.22 bits per heavy atom. The Bertz CT molecular complexity index is 1610. The molecule has 0 amide bonds. The molecule has 271 valence electrons. The fraction of sp³-hybridized carbons (Fsp3) is 0.581. The van der Waals surface area contributed by atoms with Crippen LogP contribution in [0.2, 0.25) is 0 Å². The summed E-state index contributed by atoms with van der Waals surface area (Å²) in [6, 6.07) is 28.5. The summed E-state index contributed by atoms with van der Waals surface area (Å²) in [5.41, 5.74) is 7.84. The molecule has 0 aromatic heterocycles. The lowest BCUT2D eigenvalue weighted by atomic mass is 9.96. The lowest BCUT2D eigenvalue weighted by Gasteiger charge is -2.56. The van der Waals surface area contributed by atoms with Gasteiger partial charge in [-0.3, -0.25) is 4.57 Å². The molecule has 0 aliphatic carbocycles. The van der Waals surface area contributed by atoms with Gasteiger partial charge in [-0.1, -0.05) is 132 Å². The fourth-order valence-electron chi connectivity index (χ4n) is 8.78. The van der Waals surface area contributed by atoms with E-state index in [1.165, 1.54) is 22.7 Å². The number of hydrogen-bond acceptors (Lipinski definition) is 5. The van der Waals surface area contributed by atoms with E-state index in [-0.39, 0.29) is 32.9 Å². The highest BCUT2D eigenvalue weighted by atomic mass is 28.4. The summed E-state index contributed by atoms with van der Waals surface area (Å²) >= 11 is 0. The van der Waals surface area contributed by atoms with Crippen LogP contribution in [-0.2, 0) is 0 Å². The van der Waals surface area contributed by atoms with Crippen LogP contribution in [0.25, 0.3) is 0 Å². The van der Waals surface area contributed by atoms with Gasteiger partial charge < -0.3 is 18.3 Å².